The molecule has 8 heteroatoms. The number of rotatable bonds is 7. The molecule has 0 unspecified atom stereocenters. The maximum atomic E-state index is 6.32. The summed E-state index contributed by atoms with van der Waals surface area (Å²) in [5.74, 6) is 2.73. The number of benzene rings is 2. The monoisotopic (exact) mass is 424 g/mol. The molecule has 4 rings (SSSR count). The van der Waals surface area contributed by atoms with Gasteiger partial charge in [-0.3, -0.25) is 0 Å². The largest absolute Gasteiger partial charge is 0.493 e. The lowest BCUT2D eigenvalue weighted by Gasteiger charge is -2.20. The van der Waals surface area contributed by atoms with Crippen LogP contribution in [0.2, 0.25) is 0 Å². The van der Waals surface area contributed by atoms with Crippen LogP contribution >= 0.6 is 11.8 Å². The van der Waals surface area contributed by atoms with E-state index in [0.29, 0.717) is 34.8 Å². The van der Waals surface area contributed by atoms with E-state index in [1.165, 1.54) is 0 Å². The molecule has 0 amide bonds. The van der Waals surface area contributed by atoms with Crippen molar-refractivity contribution >= 4 is 17.4 Å². The fraction of sp³-hybridized carbons (Fsp3) is 0.318. The Morgan fingerprint density at radius 2 is 1.97 bits per heavy atom. The molecule has 2 aromatic carbocycles. The van der Waals surface area contributed by atoms with Crippen LogP contribution in [0.3, 0.4) is 0 Å². The summed E-state index contributed by atoms with van der Waals surface area (Å²) in [4.78, 5) is 4.65. The van der Waals surface area contributed by atoms with Crippen molar-refractivity contribution in [3.63, 3.8) is 0 Å². The van der Waals surface area contributed by atoms with Gasteiger partial charge in [0, 0.05) is 22.6 Å². The average Bonchev–Trinajstić information content (AvgIpc) is 2.94. The molecular formula is C22H24N4O3S. The van der Waals surface area contributed by atoms with Gasteiger partial charge < -0.3 is 19.5 Å². The minimum Gasteiger partial charge on any atom is -0.493 e. The minimum absolute atomic E-state index is 0.458. The summed E-state index contributed by atoms with van der Waals surface area (Å²) in [7, 11) is 1.63. The fourth-order valence-corrected chi connectivity index (χ4v) is 3.81. The number of ether oxygens (including phenoxy) is 3. The summed E-state index contributed by atoms with van der Waals surface area (Å²) < 4.78 is 17.5. The topological polar surface area (TPSA) is 78.4 Å². The van der Waals surface area contributed by atoms with Gasteiger partial charge in [0.1, 0.15) is 0 Å². The zero-order valence-electron chi connectivity index (χ0n) is 17.2. The van der Waals surface area contributed by atoms with Crippen molar-refractivity contribution in [1.82, 2.24) is 15.2 Å². The molecule has 1 aliphatic rings. The van der Waals surface area contributed by atoms with Gasteiger partial charge in [-0.2, -0.15) is 4.98 Å². The van der Waals surface area contributed by atoms with Crippen molar-refractivity contribution < 1.29 is 14.2 Å². The molecule has 1 aromatic heterocycles. The number of hydrogen-bond acceptors (Lipinski definition) is 8. The second-order valence-corrected chi connectivity index (χ2v) is 7.69. The van der Waals surface area contributed by atoms with Gasteiger partial charge in [-0.25, -0.2) is 0 Å². The average molecular weight is 425 g/mol. The Kier molecular flexibility index (Phi) is 6.23. The van der Waals surface area contributed by atoms with E-state index < -0.39 is 6.23 Å². The van der Waals surface area contributed by atoms with Gasteiger partial charge in [0.05, 0.1) is 13.7 Å². The van der Waals surface area contributed by atoms with Gasteiger partial charge in [0.25, 0.3) is 0 Å². The van der Waals surface area contributed by atoms with Gasteiger partial charge in [-0.15, -0.1) is 10.2 Å². The summed E-state index contributed by atoms with van der Waals surface area (Å²) in [6.07, 6.45) is 0.559. The van der Waals surface area contributed by atoms with Crippen molar-refractivity contribution in [1.29, 1.82) is 0 Å². The molecule has 1 atom stereocenters. The van der Waals surface area contributed by atoms with Crippen molar-refractivity contribution in [2.24, 2.45) is 0 Å². The van der Waals surface area contributed by atoms with Crippen LogP contribution in [0.1, 0.15) is 32.1 Å². The van der Waals surface area contributed by atoms with Crippen molar-refractivity contribution in [3.05, 3.63) is 48.0 Å². The van der Waals surface area contributed by atoms with E-state index in [2.05, 4.69) is 27.4 Å². The maximum Gasteiger partial charge on any atom is 0.247 e. The van der Waals surface area contributed by atoms with Crippen LogP contribution < -0.4 is 19.5 Å². The number of nitrogens with zero attached hydrogens (tertiary/aromatic N) is 3. The Balaban J connectivity index is 1.76. The first-order valence-electron chi connectivity index (χ1n) is 9.94. The molecule has 2 heterocycles. The van der Waals surface area contributed by atoms with Crippen LogP contribution in [-0.4, -0.2) is 34.7 Å². The van der Waals surface area contributed by atoms with Gasteiger partial charge >= 0.3 is 0 Å². The maximum absolute atomic E-state index is 6.32. The highest BCUT2D eigenvalue weighted by atomic mass is 32.2. The predicted molar refractivity (Wildman–Crippen MR) is 117 cm³/mol. The van der Waals surface area contributed by atoms with Crippen LogP contribution in [0.15, 0.2) is 47.6 Å². The van der Waals surface area contributed by atoms with E-state index in [0.717, 1.165) is 29.0 Å². The number of para-hydroxylation sites is 1. The second kappa shape index (κ2) is 9.21. The highest BCUT2D eigenvalue weighted by molar-refractivity contribution is 7.99. The summed E-state index contributed by atoms with van der Waals surface area (Å²) >= 11 is 1.57. The standard InChI is InChI=1S/C22H24N4O3S/c1-4-12-30-22-24-21-19(25-26-22)15-8-6-7-9-16(15)23-20(29-21)14-10-11-17(27-3)18(13-14)28-5-2/h6-11,13,20,23H,4-5,12H2,1-3H3/t20-/m0/s1. The van der Waals surface area contributed by atoms with Gasteiger partial charge in [-0.05, 0) is 37.6 Å². The smallest absolute Gasteiger partial charge is 0.247 e. The Morgan fingerprint density at radius 3 is 2.77 bits per heavy atom. The summed E-state index contributed by atoms with van der Waals surface area (Å²) in [6.45, 7) is 4.60. The van der Waals surface area contributed by atoms with E-state index in [9.17, 15) is 0 Å². The molecule has 156 valence electrons. The number of anilines is 1. The van der Waals surface area contributed by atoms with Crippen LogP contribution in [0.5, 0.6) is 17.4 Å². The molecule has 0 spiro atoms. The lowest BCUT2D eigenvalue weighted by Crippen LogP contribution is -2.17. The van der Waals surface area contributed by atoms with Crippen LogP contribution in [0, 0.1) is 0 Å². The molecule has 0 bridgehead atoms. The molecule has 1 aliphatic heterocycles. The highest BCUT2D eigenvalue weighted by Gasteiger charge is 2.26. The zero-order valence-corrected chi connectivity index (χ0v) is 18.0. The van der Waals surface area contributed by atoms with E-state index in [-0.39, 0.29) is 0 Å². The lowest BCUT2D eigenvalue weighted by atomic mass is 10.1. The molecule has 0 saturated heterocycles. The SMILES string of the molecule is CCCSc1nnc2c(n1)O[C@@H](c1ccc(OC)c(OCC)c1)Nc1ccccc1-2. The first-order valence-corrected chi connectivity index (χ1v) is 10.9. The Labute approximate surface area is 180 Å². The van der Waals surface area contributed by atoms with E-state index >= 15 is 0 Å². The molecule has 30 heavy (non-hydrogen) atoms. The van der Waals surface area contributed by atoms with Crippen LogP contribution in [0.4, 0.5) is 5.69 Å². The first kappa shape index (κ1) is 20.3. The van der Waals surface area contributed by atoms with Crippen LogP contribution in [-0.2, 0) is 0 Å². The van der Waals surface area contributed by atoms with Crippen molar-refractivity contribution in [2.75, 3.05) is 24.8 Å². The van der Waals surface area contributed by atoms with Gasteiger partial charge in [0.2, 0.25) is 11.0 Å². The third kappa shape index (κ3) is 4.14. The number of fused-ring (bicyclic) bond motifs is 3. The summed E-state index contributed by atoms with van der Waals surface area (Å²) in [6, 6.07) is 13.7. The van der Waals surface area contributed by atoms with Crippen molar-refractivity contribution in [2.45, 2.75) is 31.7 Å². The van der Waals surface area contributed by atoms with E-state index in [1.54, 1.807) is 18.9 Å². The number of hydrogen-bond donors (Lipinski definition) is 1. The molecule has 0 aliphatic carbocycles. The third-order valence-corrected chi connectivity index (χ3v) is 5.60. The lowest BCUT2D eigenvalue weighted by molar-refractivity contribution is 0.224. The number of nitrogens with one attached hydrogen (secondary N) is 1. The summed E-state index contributed by atoms with van der Waals surface area (Å²) in [5, 5.41) is 12.8. The van der Waals surface area contributed by atoms with Gasteiger partial charge in [-0.1, -0.05) is 36.9 Å². The minimum atomic E-state index is -0.474. The Morgan fingerprint density at radius 1 is 1.10 bits per heavy atom. The highest BCUT2D eigenvalue weighted by Crippen LogP contribution is 2.40. The molecule has 7 nitrogen and oxygen atoms in total. The fourth-order valence-electron chi connectivity index (χ4n) is 3.18. The molecule has 0 saturated carbocycles. The molecular weight excluding hydrogens is 400 g/mol. The van der Waals surface area contributed by atoms with E-state index in [1.807, 2.05) is 49.4 Å². The third-order valence-electron chi connectivity index (χ3n) is 4.56. The van der Waals surface area contributed by atoms with E-state index in [4.69, 9.17) is 14.2 Å². The number of aromatic nitrogens is 3. The van der Waals surface area contributed by atoms with Crippen molar-refractivity contribution in [3.8, 4) is 28.6 Å². The molecule has 0 fully saturated rings. The molecule has 1 N–H and O–H groups in total. The Bertz CT molecular complexity index is 1030. The summed E-state index contributed by atoms with van der Waals surface area (Å²) in [5.41, 5.74) is 3.32. The second-order valence-electron chi connectivity index (χ2n) is 6.63. The zero-order chi connectivity index (χ0) is 20.9. The molecule has 3 aromatic rings. The van der Waals surface area contributed by atoms with Crippen LogP contribution in [0.25, 0.3) is 11.3 Å². The Hall–Kier alpha value is -3.00. The number of thioether (sulfide) groups is 1. The predicted octanol–water partition coefficient (Wildman–Crippen LogP) is 4.95. The first-order chi connectivity index (χ1) is 14.7. The normalized spacial score (nSPS) is 14.6. The quantitative estimate of drug-likeness (QED) is 0.534. The number of methoxy groups -OCH3 is 1. The molecule has 0 radical (unpaired) electrons. The van der Waals surface area contributed by atoms with Gasteiger partial charge in [0.15, 0.2) is 23.4 Å².